The first-order valence-corrected chi connectivity index (χ1v) is 8.02. The van der Waals surface area contributed by atoms with Crippen LogP contribution in [0.2, 0.25) is 8.67 Å². The first kappa shape index (κ1) is 15.7. The van der Waals surface area contributed by atoms with Crippen LogP contribution in [0.3, 0.4) is 0 Å². The monoisotopic (exact) mass is 330 g/mol. The van der Waals surface area contributed by atoms with Crippen molar-refractivity contribution in [2.75, 3.05) is 6.54 Å². The van der Waals surface area contributed by atoms with E-state index in [2.05, 4.69) is 10.0 Å². The Labute approximate surface area is 120 Å². The maximum atomic E-state index is 11.8. The minimum absolute atomic E-state index is 0.0545. The minimum atomic E-state index is -3.82. The highest BCUT2D eigenvalue weighted by molar-refractivity contribution is 7.89. The van der Waals surface area contributed by atoms with Crippen molar-refractivity contribution in [3.8, 4) is 0 Å². The van der Waals surface area contributed by atoms with Crippen molar-refractivity contribution in [2.24, 2.45) is 0 Å². The summed E-state index contributed by atoms with van der Waals surface area (Å²) in [5.41, 5.74) is 0. The largest absolute Gasteiger partial charge is 0.353 e. The van der Waals surface area contributed by atoms with Crippen molar-refractivity contribution in [1.29, 1.82) is 0 Å². The molecular weight excluding hydrogens is 319 g/mol. The highest BCUT2D eigenvalue weighted by atomic mass is 35.5. The van der Waals surface area contributed by atoms with E-state index in [1.54, 1.807) is 13.8 Å². The molecule has 9 heteroatoms. The lowest BCUT2D eigenvalue weighted by Crippen LogP contribution is -2.39. The molecule has 0 atom stereocenters. The van der Waals surface area contributed by atoms with Gasteiger partial charge in [-0.05, 0) is 19.9 Å². The third-order valence-electron chi connectivity index (χ3n) is 1.79. The van der Waals surface area contributed by atoms with Crippen LogP contribution in [0.25, 0.3) is 0 Å². The van der Waals surface area contributed by atoms with Gasteiger partial charge in [0.15, 0.2) is 0 Å². The molecule has 0 aliphatic rings. The molecule has 0 spiro atoms. The first-order valence-electron chi connectivity index (χ1n) is 4.96. The number of thiophene rings is 1. The topological polar surface area (TPSA) is 75.3 Å². The summed E-state index contributed by atoms with van der Waals surface area (Å²) in [5, 5.41) is 2.56. The third-order valence-corrected chi connectivity index (χ3v) is 4.94. The first-order chi connectivity index (χ1) is 8.22. The van der Waals surface area contributed by atoms with Crippen LogP contribution in [-0.4, -0.2) is 26.9 Å². The summed E-state index contributed by atoms with van der Waals surface area (Å²) in [5.74, 6) is -0.411. The molecule has 0 saturated heterocycles. The van der Waals surface area contributed by atoms with E-state index in [0.29, 0.717) is 0 Å². The summed E-state index contributed by atoms with van der Waals surface area (Å²) in [6.45, 7) is 3.22. The van der Waals surface area contributed by atoms with E-state index >= 15 is 0 Å². The molecule has 2 N–H and O–H groups in total. The summed E-state index contributed by atoms with van der Waals surface area (Å²) in [7, 11) is -3.82. The Morgan fingerprint density at radius 1 is 1.44 bits per heavy atom. The molecule has 0 aromatic carbocycles. The van der Waals surface area contributed by atoms with Gasteiger partial charge in [0.1, 0.15) is 9.23 Å². The normalized spacial score (nSPS) is 11.8. The van der Waals surface area contributed by atoms with E-state index in [1.807, 2.05) is 0 Å². The Morgan fingerprint density at radius 2 is 2.06 bits per heavy atom. The average molecular weight is 331 g/mol. The molecule has 18 heavy (non-hydrogen) atoms. The van der Waals surface area contributed by atoms with Crippen molar-refractivity contribution >= 4 is 50.5 Å². The maximum Gasteiger partial charge on any atom is 0.243 e. The minimum Gasteiger partial charge on any atom is -0.353 e. The number of amides is 1. The van der Waals surface area contributed by atoms with Crippen LogP contribution < -0.4 is 10.0 Å². The molecule has 0 saturated carbocycles. The quantitative estimate of drug-likeness (QED) is 0.865. The average Bonchev–Trinajstić information content (AvgIpc) is 2.55. The molecule has 5 nitrogen and oxygen atoms in total. The number of carbonyl (C=O) groups excluding carboxylic acids is 1. The lowest BCUT2D eigenvalue weighted by Gasteiger charge is -2.09. The van der Waals surface area contributed by atoms with Crippen molar-refractivity contribution < 1.29 is 13.2 Å². The van der Waals surface area contributed by atoms with Gasteiger partial charge in [-0.3, -0.25) is 4.79 Å². The molecule has 1 aromatic rings. The van der Waals surface area contributed by atoms with Crippen molar-refractivity contribution in [2.45, 2.75) is 24.8 Å². The predicted octanol–water partition coefficient (Wildman–Crippen LogP) is 1.86. The number of sulfonamides is 1. The van der Waals surface area contributed by atoms with Gasteiger partial charge in [-0.2, -0.15) is 0 Å². The second kappa shape index (κ2) is 6.21. The molecule has 0 aliphatic carbocycles. The summed E-state index contributed by atoms with van der Waals surface area (Å²) >= 11 is 12.4. The van der Waals surface area contributed by atoms with E-state index in [-0.39, 0.29) is 26.2 Å². The third kappa shape index (κ3) is 4.40. The SMILES string of the molecule is CC(C)NC(=O)CNS(=O)(=O)c1cc(Cl)sc1Cl. The Bertz CT molecular complexity index is 540. The molecule has 0 fully saturated rings. The van der Waals surface area contributed by atoms with Crippen LogP contribution in [0.4, 0.5) is 0 Å². The molecule has 1 amide bonds. The fraction of sp³-hybridized carbons (Fsp3) is 0.444. The summed E-state index contributed by atoms with van der Waals surface area (Å²) in [6.07, 6.45) is 0. The van der Waals surface area contributed by atoms with Crippen molar-refractivity contribution in [1.82, 2.24) is 10.0 Å². The zero-order valence-corrected chi connectivity index (χ0v) is 12.8. The van der Waals surface area contributed by atoms with Gasteiger partial charge < -0.3 is 5.32 Å². The lowest BCUT2D eigenvalue weighted by atomic mass is 10.4. The molecule has 0 radical (unpaired) electrons. The summed E-state index contributed by atoms with van der Waals surface area (Å²) in [6, 6.07) is 1.19. The second-order valence-corrected chi connectivity index (χ2v) is 7.76. The Balaban J connectivity index is 2.72. The standard InChI is InChI=1S/C9H12Cl2N2O3S2/c1-5(2)13-8(14)4-12-18(15,16)6-3-7(10)17-9(6)11/h3,5,12H,4H2,1-2H3,(H,13,14). The fourth-order valence-electron chi connectivity index (χ4n) is 1.12. The number of rotatable bonds is 5. The second-order valence-electron chi connectivity index (χ2n) is 3.74. The smallest absolute Gasteiger partial charge is 0.243 e. The predicted molar refractivity (Wildman–Crippen MR) is 72.8 cm³/mol. The van der Waals surface area contributed by atoms with Gasteiger partial charge in [0.25, 0.3) is 0 Å². The highest BCUT2D eigenvalue weighted by Crippen LogP contribution is 2.33. The summed E-state index contributed by atoms with van der Waals surface area (Å²) < 4.78 is 26.2. The molecule has 1 aromatic heterocycles. The number of hydrogen-bond acceptors (Lipinski definition) is 4. The van der Waals surface area contributed by atoms with E-state index < -0.39 is 15.9 Å². The summed E-state index contributed by atoms with van der Waals surface area (Å²) in [4.78, 5) is 11.2. The zero-order chi connectivity index (χ0) is 13.9. The fourth-order valence-corrected chi connectivity index (χ4v) is 4.25. The van der Waals surface area contributed by atoms with E-state index in [0.717, 1.165) is 11.3 Å². The van der Waals surface area contributed by atoms with Crippen LogP contribution in [0.1, 0.15) is 13.8 Å². The van der Waals surface area contributed by atoms with E-state index in [1.165, 1.54) is 6.07 Å². The van der Waals surface area contributed by atoms with Crippen LogP contribution in [-0.2, 0) is 14.8 Å². The van der Waals surface area contributed by atoms with Gasteiger partial charge >= 0.3 is 0 Å². The number of halogens is 2. The highest BCUT2D eigenvalue weighted by Gasteiger charge is 2.21. The molecular formula is C9H12Cl2N2O3S2. The van der Waals surface area contributed by atoms with Crippen molar-refractivity contribution in [3.05, 3.63) is 14.7 Å². The van der Waals surface area contributed by atoms with Gasteiger partial charge in [-0.25, -0.2) is 13.1 Å². The van der Waals surface area contributed by atoms with Crippen LogP contribution in [0, 0.1) is 0 Å². The molecule has 0 bridgehead atoms. The van der Waals surface area contributed by atoms with Crippen LogP contribution >= 0.6 is 34.5 Å². The molecule has 0 unspecified atom stereocenters. The van der Waals surface area contributed by atoms with Crippen LogP contribution in [0.5, 0.6) is 0 Å². The molecule has 102 valence electrons. The molecule has 0 aliphatic heterocycles. The van der Waals surface area contributed by atoms with E-state index in [4.69, 9.17) is 23.2 Å². The van der Waals surface area contributed by atoms with Gasteiger partial charge in [0, 0.05) is 6.04 Å². The number of hydrogen-bond donors (Lipinski definition) is 2. The van der Waals surface area contributed by atoms with Crippen molar-refractivity contribution in [3.63, 3.8) is 0 Å². The maximum absolute atomic E-state index is 11.8. The Kier molecular flexibility index (Phi) is 5.42. The van der Waals surface area contributed by atoms with Crippen LogP contribution in [0.15, 0.2) is 11.0 Å². The van der Waals surface area contributed by atoms with E-state index in [9.17, 15) is 13.2 Å². The zero-order valence-electron chi connectivity index (χ0n) is 9.66. The Morgan fingerprint density at radius 3 is 2.50 bits per heavy atom. The number of carbonyl (C=O) groups is 1. The lowest BCUT2D eigenvalue weighted by molar-refractivity contribution is -0.120. The van der Waals surface area contributed by atoms with Gasteiger partial charge in [-0.1, -0.05) is 23.2 Å². The van der Waals surface area contributed by atoms with Gasteiger partial charge in [-0.15, -0.1) is 11.3 Å². The number of nitrogens with one attached hydrogen (secondary N) is 2. The van der Waals surface area contributed by atoms with Gasteiger partial charge in [0.05, 0.1) is 10.9 Å². The molecule has 1 heterocycles. The molecule has 1 rings (SSSR count). The Hall–Kier alpha value is -0.340. The van der Waals surface area contributed by atoms with Gasteiger partial charge in [0.2, 0.25) is 15.9 Å².